The van der Waals surface area contributed by atoms with Gasteiger partial charge in [-0.3, -0.25) is 24.1 Å². The highest BCUT2D eigenvalue weighted by Gasteiger charge is 2.80. The van der Waals surface area contributed by atoms with Crippen molar-refractivity contribution in [2.75, 3.05) is 6.61 Å². The van der Waals surface area contributed by atoms with Crippen LogP contribution in [-0.2, 0) is 30.5 Å². The van der Waals surface area contributed by atoms with Gasteiger partial charge in [0.15, 0.2) is 11.3 Å². The summed E-state index contributed by atoms with van der Waals surface area (Å²) in [5.41, 5.74) is -5.08. The highest BCUT2D eigenvalue weighted by molar-refractivity contribution is 6.32. The van der Waals surface area contributed by atoms with Crippen molar-refractivity contribution in [3.05, 3.63) is 65.2 Å². The number of β-lactam (4-membered cyclic amide) rings is 1. The van der Waals surface area contributed by atoms with Gasteiger partial charge in [-0.25, -0.2) is 9.69 Å². The number of aryl methyl sites for hydroxylation is 2. The van der Waals surface area contributed by atoms with E-state index >= 15 is 4.79 Å². The minimum absolute atomic E-state index is 0.0236. The van der Waals surface area contributed by atoms with E-state index in [0.717, 1.165) is 21.6 Å². The maximum absolute atomic E-state index is 15.4. The lowest BCUT2D eigenvalue weighted by molar-refractivity contribution is -0.180. The van der Waals surface area contributed by atoms with Crippen LogP contribution >= 0.6 is 11.6 Å². The lowest BCUT2D eigenvalue weighted by atomic mass is 9.55. The second-order valence-corrected chi connectivity index (χ2v) is 15.4. The van der Waals surface area contributed by atoms with Crippen LogP contribution in [0.25, 0.3) is 0 Å². The Hall–Kier alpha value is -3.96. The number of Topliss-reactive ketones (excluding diaryl/α,β-unsaturated/α-hetero) is 1. The number of nitrogens with zero attached hydrogens (tertiary/aromatic N) is 2. The molecule has 0 radical (unpaired) electrons. The average molecular weight is 693 g/mol. The highest BCUT2D eigenvalue weighted by atomic mass is 35.5. The standard InChI is InChI=1S/C37H45ClN4O7/c1-8-36(49-25-16-15-22(3)19-23(25)4)30(45)39-34(36)18-17-26(38)35(21-34)29(44)37(31(46)40-35,33(5,6)7)42-27(43)28(48-9-2)41(32(42)47)20-24-13-11-10-12-14-24/h10-16,19,26,28H,8-9,17-18,20-21H2,1-7H3,(H,39,45)(H,40,46). The quantitative estimate of drug-likeness (QED) is 0.180. The number of nitrogens with one attached hydrogen (secondary N) is 2. The normalized spacial score (nSPS) is 32.9. The molecule has 6 atom stereocenters. The number of benzene rings is 2. The second-order valence-electron chi connectivity index (χ2n) is 14.9. The molecule has 49 heavy (non-hydrogen) atoms. The maximum Gasteiger partial charge on any atom is 0.330 e. The van der Waals surface area contributed by atoms with Gasteiger partial charge in [0.05, 0.1) is 17.5 Å². The fraction of sp³-hybridized carbons (Fsp3) is 0.541. The van der Waals surface area contributed by atoms with E-state index in [2.05, 4.69) is 10.6 Å². The summed E-state index contributed by atoms with van der Waals surface area (Å²) in [4.78, 5) is 74.5. The van der Waals surface area contributed by atoms with Crippen molar-refractivity contribution >= 4 is 41.1 Å². The van der Waals surface area contributed by atoms with E-state index in [-0.39, 0.29) is 38.3 Å². The molecule has 2 aromatic rings. The number of ketones is 1. The van der Waals surface area contributed by atoms with Crippen molar-refractivity contribution < 1.29 is 33.4 Å². The van der Waals surface area contributed by atoms with Crippen molar-refractivity contribution in [3.63, 3.8) is 0 Å². The molecule has 4 aliphatic rings. The molecule has 5 amide bonds. The van der Waals surface area contributed by atoms with Gasteiger partial charge in [0.2, 0.25) is 11.8 Å². The lowest BCUT2D eigenvalue weighted by Gasteiger charge is -2.62. The molecular weight excluding hydrogens is 648 g/mol. The van der Waals surface area contributed by atoms with Gasteiger partial charge in [-0.2, -0.15) is 0 Å². The Labute approximate surface area is 292 Å². The number of amides is 5. The molecule has 1 saturated carbocycles. The third kappa shape index (κ3) is 4.75. The summed E-state index contributed by atoms with van der Waals surface area (Å²) in [5.74, 6) is -2.06. The molecule has 3 aliphatic heterocycles. The summed E-state index contributed by atoms with van der Waals surface area (Å²) in [7, 11) is 0. The first kappa shape index (κ1) is 34.9. The fourth-order valence-corrected chi connectivity index (χ4v) is 8.94. The summed E-state index contributed by atoms with van der Waals surface area (Å²) >= 11 is 7.08. The smallest absolute Gasteiger partial charge is 0.330 e. The monoisotopic (exact) mass is 692 g/mol. The van der Waals surface area contributed by atoms with Crippen LogP contribution in [0.1, 0.15) is 77.0 Å². The molecule has 6 rings (SSSR count). The van der Waals surface area contributed by atoms with Gasteiger partial charge in [0.1, 0.15) is 11.3 Å². The van der Waals surface area contributed by atoms with Crippen molar-refractivity contribution in [1.29, 1.82) is 0 Å². The number of urea groups is 1. The fourth-order valence-electron chi connectivity index (χ4n) is 8.60. The van der Waals surface area contributed by atoms with Gasteiger partial charge in [-0.05, 0) is 57.2 Å². The molecule has 2 aromatic carbocycles. The number of hydrogen-bond acceptors (Lipinski definition) is 7. The summed E-state index contributed by atoms with van der Waals surface area (Å²) in [6.45, 7) is 12.6. The minimum atomic E-state index is -2.27. The van der Waals surface area contributed by atoms with Crippen molar-refractivity contribution in [1.82, 2.24) is 20.4 Å². The predicted octanol–water partition coefficient (Wildman–Crippen LogP) is 4.54. The molecule has 12 heteroatoms. The van der Waals surface area contributed by atoms with E-state index in [4.69, 9.17) is 21.1 Å². The molecule has 3 saturated heterocycles. The van der Waals surface area contributed by atoms with Gasteiger partial charge in [0.25, 0.3) is 17.7 Å². The molecule has 6 unspecified atom stereocenters. The van der Waals surface area contributed by atoms with Gasteiger partial charge >= 0.3 is 6.03 Å². The van der Waals surface area contributed by atoms with Crippen LogP contribution in [-0.4, -0.2) is 79.8 Å². The van der Waals surface area contributed by atoms with E-state index in [9.17, 15) is 19.2 Å². The third-order valence-corrected chi connectivity index (χ3v) is 11.6. The molecule has 2 spiro atoms. The first-order valence-corrected chi connectivity index (χ1v) is 17.4. The number of hydrogen-bond donors (Lipinski definition) is 2. The van der Waals surface area contributed by atoms with Crippen LogP contribution in [0.15, 0.2) is 48.5 Å². The predicted molar refractivity (Wildman–Crippen MR) is 182 cm³/mol. The lowest BCUT2D eigenvalue weighted by Crippen LogP contribution is -2.87. The number of carbonyl (C=O) groups is 5. The topological polar surface area (TPSA) is 134 Å². The molecule has 2 N–H and O–H groups in total. The first-order valence-electron chi connectivity index (χ1n) is 17.0. The summed E-state index contributed by atoms with van der Waals surface area (Å²) in [6.07, 6.45) is -0.508. The maximum atomic E-state index is 15.4. The number of rotatable bonds is 8. The average Bonchev–Trinajstić information content (AvgIpc) is 3.40. The van der Waals surface area contributed by atoms with Crippen molar-refractivity contribution in [2.24, 2.45) is 5.41 Å². The van der Waals surface area contributed by atoms with Crippen LogP contribution in [0.3, 0.4) is 0 Å². The molecule has 0 aromatic heterocycles. The van der Waals surface area contributed by atoms with Crippen molar-refractivity contribution in [2.45, 2.75) is 115 Å². The van der Waals surface area contributed by atoms with Crippen LogP contribution in [0, 0.1) is 19.3 Å². The summed E-state index contributed by atoms with van der Waals surface area (Å²) < 4.78 is 12.4. The summed E-state index contributed by atoms with van der Waals surface area (Å²) in [5, 5.41) is 5.11. The minimum Gasteiger partial charge on any atom is -0.475 e. The molecule has 1 aliphatic carbocycles. The molecule has 3 heterocycles. The Bertz CT molecular complexity index is 1730. The number of imide groups is 1. The summed E-state index contributed by atoms with van der Waals surface area (Å²) in [6, 6.07) is 14.0. The van der Waals surface area contributed by atoms with Crippen LogP contribution in [0.4, 0.5) is 4.79 Å². The van der Waals surface area contributed by atoms with Crippen molar-refractivity contribution in [3.8, 4) is 5.75 Å². The Balaban J connectivity index is 1.43. The Morgan fingerprint density at radius 2 is 1.65 bits per heavy atom. The third-order valence-electron chi connectivity index (χ3n) is 11.0. The van der Waals surface area contributed by atoms with Gasteiger partial charge in [0, 0.05) is 18.4 Å². The molecule has 4 fully saturated rings. The van der Waals surface area contributed by atoms with E-state index in [1.165, 1.54) is 4.90 Å². The van der Waals surface area contributed by atoms with Crippen LogP contribution in [0.2, 0.25) is 0 Å². The second kappa shape index (κ2) is 11.8. The molecular formula is C37H45ClN4O7. The SMILES string of the molecule is CCOC1C(=O)N(C2(C(C)(C)C)C(=O)NC3(CC4(CCC3Cl)NC(=O)C4(CC)Oc3ccc(C)cc3C)C2=O)C(=O)N1Cc1ccccc1. The Kier molecular flexibility index (Phi) is 8.42. The van der Waals surface area contributed by atoms with E-state index in [0.29, 0.717) is 12.2 Å². The molecule has 11 nitrogen and oxygen atoms in total. The van der Waals surface area contributed by atoms with Gasteiger partial charge < -0.3 is 20.1 Å². The largest absolute Gasteiger partial charge is 0.475 e. The number of carbonyl (C=O) groups excluding carboxylic acids is 5. The van der Waals surface area contributed by atoms with Crippen LogP contribution in [0.5, 0.6) is 5.75 Å². The first-order chi connectivity index (χ1) is 23.0. The Morgan fingerprint density at radius 3 is 2.24 bits per heavy atom. The zero-order valence-corrected chi connectivity index (χ0v) is 29.9. The van der Waals surface area contributed by atoms with Gasteiger partial charge in [-0.15, -0.1) is 11.6 Å². The van der Waals surface area contributed by atoms with Crippen LogP contribution < -0.4 is 15.4 Å². The number of alkyl halides is 1. The Morgan fingerprint density at radius 1 is 0.959 bits per heavy atom. The van der Waals surface area contributed by atoms with E-state index in [1.807, 2.05) is 69.3 Å². The molecule has 0 bridgehead atoms. The molecule has 262 valence electrons. The van der Waals surface area contributed by atoms with E-state index in [1.54, 1.807) is 27.7 Å². The zero-order valence-electron chi connectivity index (χ0n) is 29.1. The zero-order chi connectivity index (χ0) is 35.7. The highest BCUT2D eigenvalue weighted by Crippen LogP contribution is 2.57. The number of ether oxygens (including phenoxy) is 2. The number of halogens is 1. The van der Waals surface area contributed by atoms with E-state index < -0.39 is 62.9 Å². The van der Waals surface area contributed by atoms with Gasteiger partial charge in [-0.1, -0.05) is 75.7 Å².